The smallest absolute Gasteiger partial charge is 0.309 e. The summed E-state index contributed by atoms with van der Waals surface area (Å²) in [5, 5.41) is 10.4. The van der Waals surface area contributed by atoms with Crippen molar-refractivity contribution in [2.75, 3.05) is 5.75 Å². The monoisotopic (exact) mass is 273 g/mol. The number of nitro benzene ring substituents is 1. The lowest BCUT2D eigenvalue weighted by atomic mass is 10.3. The van der Waals surface area contributed by atoms with Crippen LogP contribution in [0.2, 0.25) is 0 Å². The number of ketones is 1. The number of carbonyl (C=O) groups excluding carboxylic acids is 1. The average Bonchev–Trinajstić information content (AvgIpc) is 2.27. The fourth-order valence-electron chi connectivity index (χ4n) is 1.08. The normalized spacial score (nSPS) is 10.9. The summed E-state index contributed by atoms with van der Waals surface area (Å²) in [6.07, 6.45) is -0.130. The number of carbonyl (C=O) groups is 1. The maximum atomic E-state index is 11.4. The Kier molecular flexibility index (Phi) is 4.38. The molecule has 0 aliphatic rings. The number of hydrogen-bond donors (Lipinski definition) is 0. The lowest BCUT2D eigenvalue weighted by Crippen LogP contribution is -2.15. The maximum absolute atomic E-state index is 11.4. The van der Waals surface area contributed by atoms with Gasteiger partial charge in [0.2, 0.25) is 0 Å². The third kappa shape index (κ3) is 4.50. The number of rotatable bonds is 6. The minimum Gasteiger partial charge on any atom is -0.382 e. The van der Waals surface area contributed by atoms with Gasteiger partial charge in [0.1, 0.15) is 11.5 Å². The third-order valence-electron chi connectivity index (χ3n) is 1.97. The van der Waals surface area contributed by atoms with E-state index in [0.29, 0.717) is 0 Å². The molecule has 0 unspecified atom stereocenters. The fraction of sp³-hybridized carbons (Fsp3) is 0.300. The summed E-state index contributed by atoms with van der Waals surface area (Å²) in [4.78, 5) is 20.4. The van der Waals surface area contributed by atoms with Gasteiger partial charge in [0.15, 0.2) is 0 Å². The van der Waals surface area contributed by atoms with Crippen LogP contribution in [0.25, 0.3) is 0 Å². The van der Waals surface area contributed by atoms with Crippen molar-refractivity contribution in [1.29, 1.82) is 0 Å². The van der Waals surface area contributed by atoms with Gasteiger partial charge in [0.05, 0.1) is 10.7 Å². The minimum absolute atomic E-state index is 0.0239. The van der Waals surface area contributed by atoms with Crippen LogP contribution in [-0.2, 0) is 14.9 Å². The SMILES string of the molecule is CC(=O)CCS(=O)(=O)Oc1ccc([N+](=O)[O-])cc1. The minimum atomic E-state index is -3.85. The summed E-state index contributed by atoms with van der Waals surface area (Å²) in [6.45, 7) is 1.28. The van der Waals surface area contributed by atoms with Crippen LogP contribution in [0, 0.1) is 10.1 Å². The van der Waals surface area contributed by atoms with Gasteiger partial charge in [0, 0.05) is 18.6 Å². The highest BCUT2D eigenvalue weighted by atomic mass is 32.2. The van der Waals surface area contributed by atoms with Crippen molar-refractivity contribution < 1.29 is 22.3 Å². The summed E-state index contributed by atoms with van der Waals surface area (Å²) in [6, 6.07) is 4.64. The predicted octanol–water partition coefficient (Wildman–Crippen LogP) is 1.28. The molecule has 0 radical (unpaired) electrons. The first-order valence-corrected chi connectivity index (χ1v) is 6.54. The van der Waals surface area contributed by atoms with Crippen LogP contribution in [-0.4, -0.2) is 24.9 Å². The molecular formula is C10H11NO6S. The quantitative estimate of drug-likeness (QED) is 0.439. The molecule has 0 fully saturated rings. The van der Waals surface area contributed by atoms with Crippen molar-refractivity contribution in [3.63, 3.8) is 0 Å². The fourth-order valence-corrected chi connectivity index (χ4v) is 2.11. The molecule has 1 aromatic rings. The first-order valence-electron chi connectivity index (χ1n) is 4.96. The summed E-state index contributed by atoms with van der Waals surface area (Å²) in [5.74, 6) is -0.700. The third-order valence-corrected chi connectivity index (χ3v) is 3.13. The van der Waals surface area contributed by atoms with Gasteiger partial charge in [-0.15, -0.1) is 0 Å². The van der Waals surface area contributed by atoms with Gasteiger partial charge in [-0.05, 0) is 19.1 Å². The first-order chi connectivity index (χ1) is 8.30. The number of Topliss-reactive ketones (excluding diaryl/α,β-unsaturated/α-hetero) is 1. The largest absolute Gasteiger partial charge is 0.382 e. The molecule has 1 rings (SSSR count). The Labute approximate surface area is 104 Å². The van der Waals surface area contributed by atoms with Crippen LogP contribution >= 0.6 is 0 Å². The van der Waals surface area contributed by atoms with Gasteiger partial charge < -0.3 is 4.18 Å². The number of benzene rings is 1. The molecule has 0 saturated carbocycles. The van der Waals surface area contributed by atoms with E-state index in [4.69, 9.17) is 0 Å². The van der Waals surface area contributed by atoms with Gasteiger partial charge in [-0.1, -0.05) is 0 Å². The van der Waals surface area contributed by atoms with E-state index in [1.165, 1.54) is 19.1 Å². The van der Waals surface area contributed by atoms with Crippen LogP contribution in [0.1, 0.15) is 13.3 Å². The molecule has 0 bridgehead atoms. The van der Waals surface area contributed by atoms with Gasteiger partial charge in [0.25, 0.3) is 5.69 Å². The van der Waals surface area contributed by atoms with Crippen LogP contribution in [0.5, 0.6) is 5.75 Å². The summed E-state index contributed by atoms with van der Waals surface area (Å²) in [5.41, 5.74) is -0.163. The van der Waals surface area contributed by atoms with Crippen molar-refractivity contribution >= 4 is 21.6 Å². The highest BCUT2D eigenvalue weighted by molar-refractivity contribution is 7.87. The van der Waals surface area contributed by atoms with E-state index in [9.17, 15) is 23.3 Å². The Morgan fingerprint density at radius 2 is 1.89 bits per heavy atom. The van der Waals surface area contributed by atoms with E-state index in [1.807, 2.05) is 0 Å². The highest BCUT2D eigenvalue weighted by Crippen LogP contribution is 2.19. The Morgan fingerprint density at radius 1 is 1.33 bits per heavy atom. The molecule has 0 aromatic heterocycles. The van der Waals surface area contributed by atoms with Gasteiger partial charge >= 0.3 is 10.1 Å². The molecule has 0 spiro atoms. The van der Waals surface area contributed by atoms with Crippen LogP contribution < -0.4 is 4.18 Å². The van der Waals surface area contributed by atoms with E-state index < -0.39 is 20.8 Å². The molecule has 0 atom stereocenters. The summed E-state index contributed by atoms with van der Waals surface area (Å²) >= 11 is 0. The zero-order chi connectivity index (χ0) is 13.8. The standard InChI is InChI=1S/C10H11NO6S/c1-8(12)6-7-18(15,16)17-10-4-2-9(3-5-10)11(13)14/h2-5H,6-7H2,1H3. The number of nitrogens with zero attached hydrogens (tertiary/aromatic N) is 1. The molecule has 18 heavy (non-hydrogen) atoms. The highest BCUT2D eigenvalue weighted by Gasteiger charge is 2.14. The van der Waals surface area contributed by atoms with Crippen LogP contribution in [0.15, 0.2) is 24.3 Å². The Hall–Kier alpha value is -1.96. The predicted molar refractivity (Wildman–Crippen MR) is 62.8 cm³/mol. The molecule has 0 aliphatic heterocycles. The molecule has 7 nitrogen and oxygen atoms in total. The van der Waals surface area contributed by atoms with Gasteiger partial charge in [-0.3, -0.25) is 14.9 Å². The molecule has 0 saturated heterocycles. The molecule has 0 N–H and O–H groups in total. The zero-order valence-corrected chi connectivity index (χ0v) is 10.3. The molecule has 0 amide bonds. The summed E-state index contributed by atoms with van der Waals surface area (Å²) < 4.78 is 27.5. The Bertz CT molecular complexity index is 548. The van der Waals surface area contributed by atoms with Crippen molar-refractivity contribution in [2.24, 2.45) is 0 Å². The Morgan fingerprint density at radius 3 is 2.33 bits per heavy atom. The topological polar surface area (TPSA) is 104 Å². The number of nitro groups is 1. The number of non-ortho nitro benzene ring substituents is 1. The van der Waals surface area contributed by atoms with E-state index in [2.05, 4.69) is 4.18 Å². The molecule has 98 valence electrons. The van der Waals surface area contributed by atoms with Gasteiger partial charge in [-0.25, -0.2) is 0 Å². The van der Waals surface area contributed by atoms with Crippen LogP contribution in [0.3, 0.4) is 0 Å². The number of hydrogen-bond acceptors (Lipinski definition) is 6. The molecule has 1 aromatic carbocycles. The van der Waals surface area contributed by atoms with Gasteiger partial charge in [-0.2, -0.15) is 8.42 Å². The van der Waals surface area contributed by atoms with Crippen LogP contribution in [0.4, 0.5) is 5.69 Å². The second-order valence-electron chi connectivity index (χ2n) is 3.55. The van der Waals surface area contributed by atoms with E-state index in [-0.39, 0.29) is 23.6 Å². The average molecular weight is 273 g/mol. The lowest BCUT2D eigenvalue weighted by Gasteiger charge is -2.05. The second-order valence-corrected chi connectivity index (χ2v) is 5.24. The van der Waals surface area contributed by atoms with Crippen molar-refractivity contribution in [2.45, 2.75) is 13.3 Å². The van der Waals surface area contributed by atoms with E-state index in [1.54, 1.807) is 0 Å². The van der Waals surface area contributed by atoms with E-state index >= 15 is 0 Å². The van der Waals surface area contributed by atoms with Crippen molar-refractivity contribution in [3.8, 4) is 5.75 Å². The summed E-state index contributed by atoms with van der Waals surface area (Å²) in [7, 11) is -3.85. The first kappa shape index (κ1) is 14.1. The lowest BCUT2D eigenvalue weighted by molar-refractivity contribution is -0.384. The second kappa shape index (κ2) is 5.58. The molecule has 8 heteroatoms. The Balaban J connectivity index is 2.72. The molecule has 0 aliphatic carbocycles. The van der Waals surface area contributed by atoms with Crippen molar-refractivity contribution in [1.82, 2.24) is 0 Å². The maximum Gasteiger partial charge on any atom is 0.309 e. The molecule has 0 heterocycles. The van der Waals surface area contributed by atoms with Crippen molar-refractivity contribution in [3.05, 3.63) is 34.4 Å². The molecular weight excluding hydrogens is 262 g/mol. The van der Waals surface area contributed by atoms with E-state index in [0.717, 1.165) is 12.1 Å². The zero-order valence-electron chi connectivity index (χ0n) is 9.53.